The Balaban J connectivity index is 1.59. The number of benzene rings is 1. The summed E-state index contributed by atoms with van der Waals surface area (Å²) in [6.45, 7) is 7.04. The monoisotopic (exact) mass is 448 g/mol. The van der Waals surface area contributed by atoms with Gasteiger partial charge in [-0.25, -0.2) is 4.98 Å². The zero-order valence-electron chi connectivity index (χ0n) is 19.0. The molecule has 4 aromatic rings. The molecule has 9 heteroatoms. The summed E-state index contributed by atoms with van der Waals surface area (Å²) in [5, 5.41) is 5.19. The van der Waals surface area contributed by atoms with E-state index in [-0.39, 0.29) is 5.56 Å². The number of hydrogen-bond donors (Lipinski definition) is 0. The predicted octanol–water partition coefficient (Wildman–Crippen LogP) is 2.40. The lowest BCUT2D eigenvalue weighted by Gasteiger charge is -2.26. The second-order valence-corrected chi connectivity index (χ2v) is 8.16. The van der Waals surface area contributed by atoms with Crippen molar-refractivity contribution in [1.29, 1.82) is 0 Å². The molecule has 0 atom stereocenters. The predicted molar refractivity (Wildman–Crippen MR) is 126 cm³/mol. The standard InChI is InChI=1S/C24H28N6O3/c1-3-20-26-24-25-19-9-12-29(11-4-10-28-13-15-33-16-14-28)23(31)21(19)22(30(24)27-20)17-5-7-18(32-2)8-6-17/h5-9,12H,3-4,10-11,13-16H2,1-2H3. The largest absolute Gasteiger partial charge is 0.497 e. The van der Waals surface area contributed by atoms with Crippen LogP contribution in [0.4, 0.5) is 0 Å². The Morgan fingerprint density at radius 2 is 1.85 bits per heavy atom. The minimum Gasteiger partial charge on any atom is -0.497 e. The van der Waals surface area contributed by atoms with Crippen LogP contribution in [0.1, 0.15) is 19.2 Å². The molecule has 1 saturated heterocycles. The van der Waals surface area contributed by atoms with Crippen molar-refractivity contribution in [2.24, 2.45) is 0 Å². The average molecular weight is 449 g/mol. The molecule has 0 amide bonds. The van der Waals surface area contributed by atoms with Crippen LogP contribution in [0, 0.1) is 0 Å². The number of hydrogen-bond acceptors (Lipinski definition) is 7. The maximum absolute atomic E-state index is 13.7. The van der Waals surface area contributed by atoms with Crippen molar-refractivity contribution in [3.8, 4) is 17.0 Å². The van der Waals surface area contributed by atoms with Crippen molar-refractivity contribution in [3.63, 3.8) is 0 Å². The lowest BCUT2D eigenvalue weighted by molar-refractivity contribution is 0.0369. The van der Waals surface area contributed by atoms with Crippen LogP contribution in [0.2, 0.25) is 0 Å². The Bertz CT molecular complexity index is 1320. The van der Waals surface area contributed by atoms with Gasteiger partial charge in [0.15, 0.2) is 5.82 Å². The van der Waals surface area contributed by atoms with Gasteiger partial charge in [0.05, 0.1) is 36.9 Å². The average Bonchev–Trinajstić information content (AvgIpc) is 3.28. The second-order valence-electron chi connectivity index (χ2n) is 8.16. The van der Waals surface area contributed by atoms with E-state index >= 15 is 0 Å². The molecular formula is C24H28N6O3. The van der Waals surface area contributed by atoms with Gasteiger partial charge in [-0.3, -0.25) is 9.69 Å². The van der Waals surface area contributed by atoms with Gasteiger partial charge in [0.2, 0.25) is 0 Å². The van der Waals surface area contributed by atoms with E-state index in [4.69, 9.17) is 9.47 Å². The number of nitrogens with zero attached hydrogens (tertiary/aromatic N) is 6. The molecule has 1 aromatic carbocycles. The van der Waals surface area contributed by atoms with Gasteiger partial charge in [0.25, 0.3) is 11.3 Å². The van der Waals surface area contributed by atoms with Gasteiger partial charge >= 0.3 is 0 Å². The number of morpholine rings is 1. The van der Waals surface area contributed by atoms with Crippen LogP contribution in [0.5, 0.6) is 5.75 Å². The van der Waals surface area contributed by atoms with E-state index in [1.54, 1.807) is 16.2 Å². The molecule has 172 valence electrons. The fourth-order valence-corrected chi connectivity index (χ4v) is 4.29. The van der Waals surface area contributed by atoms with E-state index in [2.05, 4.69) is 20.0 Å². The molecular weight excluding hydrogens is 420 g/mol. The van der Waals surface area contributed by atoms with Crippen LogP contribution < -0.4 is 10.3 Å². The third-order valence-corrected chi connectivity index (χ3v) is 6.10. The zero-order chi connectivity index (χ0) is 22.8. The summed E-state index contributed by atoms with van der Waals surface area (Å²) in [5.74, 6) is 1.94. The Kier molecular flexibility index (Phi) is 6.06. The maximum atomic E-state index is 13.7. The van der Waals surface area contributed by atoms with Gasteiger partial charge in [-0.2, -0.15) is 9.50 Å². The van der Waals surface area contributed by atoms with Gasteiger partial charge in [0, 0.05) is 44.4 Å². The summed E-state index contributed by atoms with van der Waals surface area (Å²) >= 11 is 0. The number of ether oxygens (including phenoxy) is 2. The molecule has 4 heterocycles. The summed E-state index contributed by atoms with van der Waals surface area (Å²) < 4.78 is 14.2. The first-order valence-corrected chi connectivity index (χ1v) is 11.4. The quantitative estimate of drug-likeness (QED) is 0.429. The molecule has 5 rings (SSSR count). The van der Waals surface area contributed by atoms with Crippen LogP contribution in [-0.2, 0) is 17.7 Å². The molecule has 0 spiro atoms. The Morgan fingerprint density at radius 1 is 1.06 bits per heavy atom. The van der Waals surface area contributed by atoms with E-state index in [9.17, 15) is 4.79 Å². The first kappa shape index (κ1) is 21.5. The molecule has 1 aliphatic rings. The van der Waals surface area contributed by atoms with Crippen LogP contribution in [-0.4, -0.2) is 69.0 Å². The molecule has 1 aliphatic heterocycles. The Morgan fingerprint density at radius 3 is 2.58 bits per heavy atom. The molecule has 1 fully saturated rings. The van der Waals surface area contributed by atoms with Crippen molar-refractivity contribution in [2.45, 2.75) is 26.3 Å². The molecule has 3 aromatic heterocycles. The molecule has 0 saturated carbocycles. The molecule has 0 radical (unpaired) electrons. The van der Waals surface area contributed by atoms with Gasteiger partial charge < -0.3 is 14.0 Å². The Labute approximate surface area is 191 Å². The van der Waals surface area contributed by atoms with Crippen LogP contribution in [0.3, 0.4) is 0 Å². The molecule has 0 aliphatic carbocycles. The van der Waals surface area contributed by atoms with E-state index in [0.29, 0.717) is 41.2 Å². The van der Waals surface area contributed by atoms with Gasteiger partial charge in [-0.05, 0) is 36.8 Å². The highest BCUT2D eigenvalue weighted by Crippen LogP contribution is 2.28. The molecule has 0 unspecified atom stereocenters. The zero-order valence-corrected chi connectivity index (χ0v) is 19.0. The van der Waals surface area contributed by atoms with Gasteiger partial charge in [-0.15, -0.1) is 5.10 Å². The summed E-state index contributed by atoms with van der Waals surface area (Å²) in [6.07, 6.45) is 3.41. The number of pyridine rings is 1. The maximum Gasteiger partial charge on any atom is 0.262 e. The molecule has 33 heavy (non-hydrogen) atoms. The lowest BCUT2D eigenvalue weighted by atomic mass is 10.1. The van der Waals surface area contributed by atoms with Crippen LogP contribution in [0.15, 0.2) is 41.3 Å². The molecule has 0 N–H and O–H groups in total. The van der Waals surface area contributed by atoms with Crippen molar-refractivity contribution in [2.75, 3.05) is 40.0 Å². The lowest BCUT2D eigenvalue weighted by Crippen LogP contribution is -2.37. The summed E-state index contributed by atoms with van der Waals surface area (Å²) in [4.78, 5) is 25.2. The normalized spacial score (nSPS) is 14.8. The number of aromatic nitrogens is 5. The fourth-order valence-electron chi connectivity index (χ4n) is 4.29. The van der Waals surface area contributed by atoms with Crippen molar-refractivity contribution in [3.05, 3.63) is 52.7 Å². The first-order valence-electron chi connectivity index (χ1n) is 11.4. The number of fused-ring (bicyclic) bond motifs is 2. The van der Waals surface area contributed by atoms with E-state index in [0.717, 1.165) is 50.6 Å². The fraction of sp³-hybridized carbons (Fsp3) is 0.417. The first-order chi connectivity index (χ1) is 16.2. The van der Waals surface area contributed by atoms with Crippen LogP contribution >= 0.6 is 0 Å². The SMILES string of the molecule is CCc1nc2nc3ccn(CCCN4CCOCC4)c(=O)c3c(-c3ccc(OC)cc3)n2n1. The minimum absolute atomic E-state index is 0.0664. The number of aryl methyl sites for hydroxylation is 2. The third-order valence-electron chi connectivity index (χ3n) is 6.10. The highest BCUT2D eigenvalue weighted by molar-refractivity contribution is 5.93. The second kappa shape index (κ2) is 9.29. The summed E-state index contributed by atoms with van der Waals surface area (Å²) in [5.41, 5.74) is 2.13. The van der Waals surface area contributed by atoms with E-state index < -0.39 is 0 Å². The number of methoxy groups -OCH3 is 1. The third kappa shape index (κ3) is 4.21. The summed E-state index contributed by atoms with van der Waals surface area (Å²) in [6, 6.07) is 9.55. The molecule has 9 nitrogen and oxygen atoms in total. The van der Waals surface area contributed by atoms with Crippen molar-refractivity contribution >= 4 is 16.7 Å². The minimum atomic E-state index is -0.0664. The van der Waals surface area contributed by atoms with E-state index in [1.807, 2.05) is 43.5 Å². The van der Waals surface area contributed by atoms with Crippen molar-refractivity contribution in [1.82, 2.24) is 29.0 Å². The van der Waals surface area contributed by atoms with Crippen molar-refractivity contribution < 1.29 is 9.47 Å². The Hall–Kier alpha value is -3.30. The van der Waals surface area contributed by atoms with Gasteiger partial charge in [0.1, 0.15) is 5.75 Å². The smallest absolute Gasteiger partial charge is 0.262 e. The topological polar surface area (TPSA) is 86.8 Å². The number of rotatable bonds is 7. The highest BCUT2D eigenvalue weighted by atomic mass is 16.5. The van der Waals surface area contributed by atoms with E-state index in [1.165, 1.54) is 0 Å². The highest BCUT2D eigenvalue weighted by Gasteiger charge is 2.19. The van der Waals surface area contributed by atoms with Gasteiger partial charge in [-0.1, -0.05) is 6.92 Å². The summed E-state index contributed by atoms with van der Waals surface area (Å²) in [7, 11) is 1.63. The molecule has 0 bridgehead atoms. The van der Waals surface area contributed by atoms with Crippen LogP contribution in [0.25, 0.3) is 27.9 Å².